The van der Waals surface area contributed by atoms with Crippen LogP contribution in [0.3, 0.4) is 0 Å². The third-order valence-corrected chi connectivity index (χ3v) is 2.24. The quantitative estimate of drug-likeness (QED) is 0.729. The average molecular weight is 242 g/mol. The second-order valence-corrected chi connectivity index (χ2v) is 3.33. The molecule has 17 heavy (non-hydrogen) atoms. The van der Waals surface area contributed by atoms with E-state index in [1.807, 2.05) is 0 Å². The molecule has 1 aromatic rings. The molecule has 0 fully saturated rings. The molecule has 96 valence electrons. The van der Waals surface area contributed by atoms with Crippen LogP contribution in [0.4, 0.5) is 0 Å². The molecule has 1 aromatic carbocycles. The highest BCUT2D eigenvalue weighted by atomic mass is 16.6. The van der Waals surface area contributed by atoms with Crippen molar-refractivity contribution in [2.75, 3.05) is 34.5 Å². The molecule has 1 rings (SSSR count). The minimum Gasteiger partial charge on any atom is -0.493 e. The maximum atomic E-state index is 9.11. The Labute approximate surface area is 101 Å². The molecular weight excluding hydrogens is 224 g/mol. The van der Waals surface area contributed by atoms with Crippen LogP contribution in [0.25, 0.3) is 0 Å². The second-order valence-electron chi connectivity index (χ2n) is 3.33. The number of ether oxygens (including phenoxy) is 4. The summed E-state index contributed by atoms with van der Waals surface area (Å²) in [5.41, 5.74) is 0.706. The number of hydrogen-bond donors (Lipinski definition) is 1. The maximum Gasteiger partial charge on any atom is 0.203 e. The van der Waals surface area contributed by atoms with Gasteiger partial charge < -0.3 is 24.1 Å². The number of aliphatic hydroxyl groups is 1. The molecule has 0 aliphatic rings. The van der Waals surface area contributed by atoms with Gasteiger partial charge in [-0.05, 0) is 17.7 Å². The predicted octanol–water partition coefficient (Wildman–Crippen LogP) is 1.22. The van der Waals surface area contributed by atoms with Crippen LogP contribution in [0, 0.1) is 0 Å². The zero-order valence-corrected chi connectivity index (χ0v) is 10.4. The number of hydrogen-bond acceptors (Lipinski definition) is 5. The van der Waals surface area contributed by atoms with Crippen molar-refractivity contribution in [1.82, 2.24) is 0 Å². The molecule has 0 amide bonds. The molecule has 1 N–H and O–H groups in total. The molecular formula is C12H18O5. The van der Waals surface area contributed by atoms with Crippen molar-refractivity contribution in [3.8, 4) is 17.2 Å². The Morgan fingerprint density at radius 2 is 1.59 bits per heavy atom. The van der Waals surface area contributed by atoms with Gasteiger partial charge in [0.1, 0.15) is 6.61 Å². The molecule has 0 atom stereocenters. The molecule has 0 saturated heterocycles. The van der Waals surface area contributed by atoms with Crippen LogP contribution < -0.4 is 14.2 Å². The molecule has 0 spiro atoms. The number of rotatable bonds is 7. The van der Waals surface area contributed by atoms with Crippen molar-refractivity contribution in [1.29, 1.82) is 0 Å². The van der Waals surface area contributed by atoms with Gasteiger partial charge >= 0.3 is 0 Å². The Bertz CT molecular complexity index is 326. The average Bonchev–Trinajstić information content (AvgIpc) is 2.38. The lowest BCUT2D eigenvalue weighted by atomic mass is 10.2. The molecule has 0 saturated carbocycles. The minimum absolute atomic E-state index is 0.0783. The summed E-state index contributed by atoms with van der Waals surface area (Å²) in [5, 5.41) is 9.11. The lowest BCUT2D eigenvalue weighted by Crippen LogP contribution is -2.07. The third-order valence-electron chi connectivity index (χ3n) is 2.24. The van der Waals surface area contributed by atoms with E-state index in [1.165, 1.54) is 0 Å². The molecule has 0 aliphatic heterocycles. The minimum atomic E-state index is -0.0783. The highest BCUT2D eigenvalue weighted by Gasteiger charge is 2.13. The van der Waals surface area contributed by atoms with E-state index < -0.39 is 0 Å². The van der Waals surface area contributed by atoms with E-state index >= 15 is 0 Å². The molecule has 0 bridgehead atoms. The van der Waals surface area contributed by atoms with Crippen molar-refractivity contribution < 1.29 is 24.1 Å². The number of methoxy groups -OCH3 is 3. The Hall–Kier alpha value is -1.46. The van der Waals surface area contributed by atoms with Gasteiger partial charge in [-0.15, -0.1) is 0 Å². The van der Waals surface area contributed by atoms with Gasteiger partial charge in [-0.25, -0.2) is 0 Å². The van der Waals surface area contributed by atoms with Gasteiger partial charge in [0, 0.05) is 7.11 Å². The number of benzene rings is 1. The van der Waals surface area contributed by atoms with Gasteiger partial charge in [-0.2, -0.15) is 0 Å². The number of aliphatic hydroxyl groups excluding tert-OH is 1. The molecule has 0 heterocycles. The van der Waals surface area contributed by atoms with Crippen LogP contribution in [0.5, 0.6) is 17.2 Å². The van der Waals surface area contributed by atoms with Gasteiger partial charge in [0.05, 0.1) is 27.4 Å². The first-order valence-corrected chi connectivity index (χ1v) is 5.24. The van der Waals surface area contributed by atoms with Crippen molar-refractivity contribution in [3.63, 3.8) is 0 Å². The fourth-order valence-corrected chi connectivity index (χ4v) is 1.39. The molecule has 0 radical (unpaired) electrons. The molecule has 0 unspecified atom stereocenters. The standard InChI is InChI=1S/C12H18O5/c1-14-4-5-17-12-10(15-2)6-9(8-13)7-11(12)16-3/h6-7,13H,4-5,8H2,1-3H3. The summed E-state index contributed by atoms with van der Waals surface area (Å²) in [4.78, 5) is 0. The fraction of sp³-hybridized carbons (Fsp3) is 0.500. The van der Waals surface area contributed by atoms with Crippen LogP contribution in [0.1, 0.15) is 5.56 Å². The Kier molecular flexibility index (Phi) is 5.59. The van der Waals surface area contributed by atoms with E-state index in [4.69, 9.17) is 24.1 Å². The van der Waals surface area contributed by atoms with Crippen molar-refractivity contribution in [2.24, 2.45) is 0 Å². The van der Waals surface area contributed by atoms with Gasteiger partial charge in [-0.1, -0.05) is 0 Å². The predicted molar refractivity (Wildman–Crippen MR) is 62.8 cm³/mol. The van der Waals surface area contributed by atoms with Crippen molar-refractivity contribution >= 4 is 0 Å². The summed E-state index contributed by atoms with van der Waals surface area (Å²) < 4.78 is 20.9. The highest BCUT2D eigenvalue weighted by molar-refractivity contribution is 5.53. The summed E-state index contributed by atoms with van der Waals surface area (Å²) in [6, 6.07) is 3.43. The Balaban J connectivity index is 2.98. The molecule has 0 aromatic heterocycles. The Morgan fingerprint density at radius 1 is 1.00 bits per heavy atom. The van der Waals surface area contributed by atoms with Gasteiger partial charge in [0.2, 0.25) is 5.75 Å². The lowest BCUT2D eigenvalue weighted by molar-refractivity contribution is 0.141. The van der Waals surface area contributed by atoms with E-state index in [9.17, 15) is 0 Å². The first-order chi connectivity index (χ1) is 8.26. The van der Waals surface area contributed by atoms with Crippen LogP contribution >= 0.6 is 0 Å². The zero-order chi connectivity index (χ0) is 12.7. The van der Waals surface area contributed by atoms with Crippen LogP contribution in [0.2, 0.25) is 0 Å². The smallest absolute Gasteiger partial charge is 0.203 e. The van der Waals surface area contributed by atoms with E-state index in [2.05, 4.69) is 0 Å². The van der Waals surface area contributed by atoms with Crippen molar-refractivity contribution in [3.05, 3.63) is 17.7 Å². The lowest BCUT2D eigenvalue weighted by Gasteiger charge is -2.15. The van der Waals surface area contributed by atoms with Gasteiger partial charge in [0.15, 0.2) is 11.5 Å². The van der Waals surface area contributed by atoms with E-state index in [1.54, 1.807) is 33.5 Å². The van der Waals surface area contributed by atoms with Crippen LogP contribution in [-0.2, 0) is 11.3 Å². The zero-order valence-electron chi connectivity index (χ0n) is 10.4. The van der Waals surface area contributed by atoms with Gasteiger partial charge in [0.25, 0.3) is 0 Å². The molecule has 5 nitrogen and oxygen atoms in total. The normalized spacial score (nSPS) is 10.1. The summed E-state index contributed by atoms with van der Waals surface area (Å²) in [6.45, 7) is 0.806. The summed E-state index contributed by atoms with van der Waals surface area (Å²) in [5.74, 6) is 1.58. The second kappa shape index (κ2) is 6.98. The van der Waals surface area contributed by atoms with Crippen LogP contribution in [0.15, 0.2) is 12.1 Å². The maximum absolute atomic E-state index is 9.11. The molecule has 0 aliphatic carbocycles. The summed E-state index contributed by atoms with van der Waals surface area (Å²) in [7, 11) is 4.69. The van der Waals surface area contributed by atoms with E-state index in [0.717, 1.165) is 0 Å². The first kappa shape index (κ1) is 13.6. The highest BCUT2D eigenvalue weighted by Crippen LogP contribution is 2.38. The largest absolute Gasteiger partial charge is 0.493 e. The summed E-state index contributed by atoms with van der Waals surface area (Å²) >= 11 is 0. The van der Waals surface area contributed by atoms with E-state index in [0.29, 0.717) is 36.0 Å². The van der Waals surface area contributed by atoms with Gasteiger partial charge in [-0.3, -0.25) is 0 Å². The first-order valence-electron chi connectivity index (χ1n) is 5.24. The monoisotopic (exact) mass is 242 g/mol. The third kappa shape index (κ3) is 3.51. The van der Waals surface area contributed by atoms with E-state index in [-0.39, 0.29) is 6.61 Å². The SMILES string of the molecule is COCCOc1c(OC)cc(CO)cc1OC. The summed E-state index contributed by atoms with van der Waals surface area (Å²) in [6.07, 6.45) is 0. The molecule has 5 heteroatoms. The Morgan fingerprint density at radius 3 is 2.00 bits per heavy atom. The fourth-order valence-electron chi connectivity index (χ4n) is 1.39. The topological polar surface area (TPSA) is 57.2 Å². The van der Waals surface area contributed by atoms with Crippen LogP contribution in [-0.4, -0.2) is 39.6 Å². The van der Waals surface area contributed by atoms with Crippen molar-refractivity contribution in [2.45, 2.75) is 6.61 Å².